The van der Waals surface area contributed by atoms with Gasteiger partial charge in [-0.2, -0.15) is 0 Å². The third kappa shape index (κ3) is 5.05. The molecule has 0 amide bonds. The van der Waals surface area contributed by atoms with Gasteiger partial charge in [-0.05, 0) is 72.6 Å². The summed E-state index contributed by atoms with van der Waals surface area (Å²) in [5.41, 5.74) is 3.16. The predicted octanol–water partition coefficient (Wildman–Crippen LogP) is 6.25. The number of aromatic hydroxyl groups is 1. The smallest absolute Gasteiger partial charge is 0.269 e. The first-order valence-electron chi connectivity index (χ1n) is 10.4. The van der Waals surface area contributed by atoms with E-state index >= 15 is 0 Å². The van der Waals surface area contributed by atoms with E-state index in [2.05, 4.69) is 4.99 Å². The molecule has 0 radical (unpaired) electrons. The van der Waals surface area contributed by atoms with E-state index in [1.807, 2.05) is 31.2 Å². The van der Waals surface area contributed by atoms with E-state index in [9.17, 15) is 15.2 Å². The first-order chi connectivity index (χ1) is 16.5. The Morgan fingerprint density at radius 3 is 2.44 bits per heavy atom. The summed E-state index contributed by atoms with van der Waals surface area (Å²) >= 11 is 1.38. The molecule has 4 rings (SSSR count). The molecule has 1 aromatic heterocycles. The summed E-state index contributed by atoms with van der Waals surface area (Å²) in [5.74, 6) is 1.18. The third-order valence-electron chi connectivity index (χ3n) is 4.93. The van der Waals surface area contributed by atoms with Crippen LogP contribution < -0.4 is 9.47 Å². The standard InChI is InChI=1S/C25H21N3O5S/c1-3-33-22-14-16(4-13-21(22)29)15-26-25-27-23(17-7-11-20(32-2)12-8-17)24(34-25)18-5-9-19(10-6-18)28(30)31/h4-15,29H,3H2,1-2H3. The van der Waals surface area contributed by atoms with E-state index in [-0.39, 0.29) is 11.4 Å². The lowest BCUT2D eigenvalue weighted by Crippen LogP contribution is -1.93. The highest BCUT2D eigenvalue weighted by Crippen LogP contribution is 2.41. The summed E-state index contributed by atoms with van der Waals surface area (Å²) in [5, 5.41) is 21.5. The molecule has 0 bridgehead atoms. The van der Waals surface area contributed by atoms with Gasteiger partial charge in [0.1, 0.15) is 5.75 Å². The highest BCUT2D eigenvalue weighted by Gasteiger charge is 2.16. The lowest BCUT2D eigenvalue weighted by Gasteiger charge is -2.05. The minimum absolute atomic E-state index is 0.0231. The van der Waals surface area contributed by atoms with Crippen molar-refractivity contribution in [2.24, 2.45) is 4.99 Å². The Morgan fingerprint density at radius 2 is 1.79 bits per heavy atom. The molecule has 0 saturated heterocycles. The zero-order valence-corrected chi connectivity index (χ0v) is 19.3. The van der Waals surface area contributed by atoms with Crippen molar-refractivity contribution in [2.45, 2.75) is 6.92 Å². The summed E-state index contributed by atoms with van der Waals surface area (Å²) in [6, 6.07) is 18.9. The predicted molar refractivity (Wildman–Crippen MR) is 133 cm³/mol. The maximum Gasteiger partial charge on any atom is 0.269 e. The van der Waals surface area contributed by atoms with Gasteiger partial charge >= 0.3 is 0 Å². The van der Waals surface area contributed by atoms with Gasteiger partial charge in [-0.25, -0.2) is 9.98 Å². The van der Waals surface area contributed by atoms with Crippen molar-refractivity contribution < 1.29 is 19.5 Å². The number of phenols is 1. The number of rotatable bonds is 8. The molecule has 3 aromatic carbocycles. The van der Waals surface area contributed by atoms with Crippen LogP contribution in [0.25, 0.3) is 21.7 Å². The topological polar surface area (TPSA) is 107 Å². The van der Waals surface area contributed by atoms with Crippen LogP contribution in [0, 0.1) is 10.1 Å². The second-order valence-corrected chi connectivity index (χ2v) is 8.10. The van der Waals surface area contributed by atoms with E-state index < -0.39 is 4.92 Å². The van der Waals surface area contributed by atoms with Crippen molar-refractivity contribution in [1.82, 2.24) is 4.98 Å². The van der Waals surface area contributed by atoms with Gasteiger partial charge in [-0.3, -0.25) is 10.1 Å². The van der Waals surface area contributed by atoms with E-state index in [4.69, 9.17) is 14.5 Å². The summed E-state index contributed by atoms with van der Waals surface area (Å²) in [6.45, 7) is 2.28. The second kappa shape index (κ2) is 10.1. The van der Waals surface area contributed by atoms with Gasteiger partial charge in [-0.1, -0.05) is 11.3 Å². The summed E-state index contributed by atoms with van der Waals surface area (Å²) in [7, 11) is 1.60. The first kappa shape index (κ1) is 22.9. The molecule has 0 aliphatic heterocycles. The van der Waals surface area contributed by atoms with Gasteiger partial charge in [-0.15, -0.1) is 0 Å². The number of ether oxygens (including phenoxy) is 2. The number of hydrogen-bond acceptors (Lipinski definition) is 8. The average Bonchev–Trinajstić information content (AvgIpc) is 3.29. The Hall–Kier alpha value is -4.24. The van der Waals surface area contributed by atoms with Crippen molar-refractivity contribution >= 4 is 28.4 Å². The molecule has 0 aliphatic rings. The van der Waals surface area contributed by atoms with Crippen LogP contribution in [0.1, 0.15) is 12.5 Å². The number of methoxy groups -OCH3 is 1. The number of aromatic nitrogens is 1. The fourth-order valence-electron chi connectivity index (χ4n) is 3.25. The Balaban J connectivity index is 1.73. The fraction of sp³-hybridized carbons (Fsp3) is 0.120. The van der Waals surface area contributed by atoms with Crippen LogP contribution >= 0.6 is 11.3 Å². The molecule has 0 fully saturated rings. The number of benzene rings is 3. The Bertz CT molecular complexity index is 1330. The van der Waals surface area contributed by atoms with Gasteiger partial charge in [0.15, 0.2) is 11.5 Å². The van der Waals surface area contributed by atoms with Crippen LogP contribution in [0.3, 0.4) is 0 Å². The summed E-state index contributed by atoms with van der Waals surface area (Å²) < 4.78 is 10.7. The zero-order valence-electron chi connectivity index (χ0n) is 18.5. The van der Waals surface area contributed by atoms with Crippen molar-refractivity contribution in [3.05, 3.63) is 82.4 Å². The normalized spacial score (nSPS) is 11.0. The first-order valence-corrected chi connectivity index (χ1v) is 11.2. The number of phenolic OH excluding ortho intramolecular Hbond substituents is 1. The SMILES string of the molecule is CCOc1cc(C=Nc2nc(-c3ccc(OC)cc3)c(-c3ccc([N+](=O)[O-])cc3)s2)ccc1O. The van der Waals surface area contributed by atoms with E-state index in [1.165, 1.54) is 23.5 Å². The van der Waals surface area contributed by atoms with Crippen LogP contribution in [0.4, 0.5) is 10.8 Å². The molecule has 8 nitrogen and oxygen atoms in total. The van der Waals surface area contributed by atoms with Crippen molar-refractivity contribution in [3.8, 4) is 38.9 Å². The molecule has 172 valence electrons. The van der Waals surface area contributed by atoms with Gasteiger partial charge in [0.2, 0.25) is 5.13 Å². The number of non-ortho nitro benzene ring substituents is 1. The van der Waals surface area contributed by atoms with Gasteiger partial charge in [0.25, 0.3) is 5.69 Å². The molecule has 1 N–H and O–H groups in total. The number of nitro benzene ring substituents is 1. The largest absolute Gasteiger partial charge is 0.504 e. The van der Waals surface area contributed by atoms with E-state index in [0.29, 0.717) is 17.5 Å². The minimum Gasteiger partial charge on any atom is -0.504 e. The average molecular weight is 476 g/mol. The molecule has 1 heterocycles. The quantitative estimate of drug-likeness (QED) is 0.183. The third-order valence-corrected chi connectivity index (χ3v) is 5.94. The highest BCUT2D eigenvalue weighted by atomic mass is 32.1. The zero-order chi connectivity index (χ0) is 24.1. The van der Waals surface area contributed by atoms with Gasteiger partial charge in [0.05, 0.1) is 29.2 Å². The van der Waals surface area contributed by atoms with Crippen molar-refractivity contribution in [3.63, 3.8) is 0 Å². The second-order valence-electron chi connectivity index (χ2n) is 7.13. The van der Waals surface area contributed by atoms with Crippen LogP contribution in [0.15, 0.2) is 71.7 Å². The fourth-order valence-corrected chi connectivity index (χ4v) is 4.19. The number of nitrogens with zero attached hydrogens (tertiary/aromatic N) is 3. The number of hydrogen-bond donors (Lipinski definition) is 1. The molecule has 9 heteroatoms. The lowest BCUT2D eigenvalue weighted by atomic mass is 10.1. The minimum atomic E-state index is -0.426. The Kier molecular flexibility index (Phi) is 6.84. The van der Waals surface area contributed by atoms with E-state index in [1.54, 1.807) is 43.7 Å². The number of aliphatic imine (C=N–C) groups is 1. The molecule has 0 unspecified atom stereocenters. The van der Waals surface area contributed by atoms with E-state index in [0.717, 1.165) is 33.0 Å². The van der Waals surface area contributed by atoms with Crippen LogP contribution in [0.5, 0.6) is 17.2 Å². The molecule has 0 spiro atoms. The van der Waals surface area contributed by atoms with Crippen LogP contribution in [-0.4, -0.2) is 34.9 Å². The van der Waals surface area contributed by atoms with Crippen molar-refractivity contribution in [2.75, 3.05) is 13.7 Å². The van der Waals surface area contributed by atoms with Gasteiger partial charge < -0.3 is 14.6 Å². The molecule has 4 aromatic rings. The van der Waals surface area contributed by atoms with Crippen LogP contribution in [0.2, 0.25) is 0 Å². The summed E-state index contributed by atoms with van der Waals surface area (Å²) in [4.78, 5) is 20.7. The number of nitro groups is 1. The Morgan fingerprint density at radius 1 is 1.09 bits per heavy atom. The number of thiazole rings is 1. The molecule has 0 saturated carbocycles. The van der Waals surface area contributed by atoms with Crippen LogP contribution in [-0.2, 0) is 0 Å². The highest BCUT2D eigenvalue weighted by molar-refractivity contribution is 7.19. The lowest BCUT2D eigenvalue weighted by molar-refractivity contribution is -0.384. The van der Waals surface area contributed by atoms with Crippen molar-refractivity contribution in [1.29, 1.82) is 0 Å². The molecule has 34 heavy (non-hydrogen) atoms. The maximum atomic E-state index is 11.0. The maximum absolute atomic E-state index is 11.0. The molecular weight excluding hydrogens is 454 g/mol. The molecule has 0 aliphatic carbocycles. The molecular formula is C25H21N3O5S. The Labute approximate surface area is 199 Å². The molecule has 0 atom stereocenters. The van der Waals surface area contributed by atoms with Gasteiger partial charge in [0, 0.05) is 23.9 Å². The summed E-state index contributed by atoms with van der Waals surface area (Å²) in [6.07, 6.45) is 1.65. The monoisotopic (exact) mass is 475 g/mol.